The van der Waals surface area contributed by atoms with Gasteiger partial charge in [0, 0.05) is 12.8 Å². The van der Waals surface area contributed by atoms with Crippen molar-refractivity contribution in [3.8, 4) is 0 Å². The standard InChI is InChI=1S/C25H48O4/c1-5-6-7-8-9-10-11-12-13-14-15-16-17-21-28-23(26)19-18-20-24(27)29-22-25(2,3)4/h5-22H2,1-4H3. The first-order valence-corrected chi connectivity index (χ1v) is 12.2. The predicted octanol–water partition coefficient (Wildman–Crippen LogP) is 7.38. The summed E-state index contributed by atoms with van der Waals surface area (Å²) < 4.78 is 10.4. The number of carbonyl (C=O) groups is 2. The maximum atomic E-state index is 11.7. The van der Waals surface area contributed by atoms with Crippen molar-refractivity contribution in [2.75, 3.05) is 13.2 Å². The molecule has 0 unspecified atom stereocenters. The van der Waals surface area contributed by atoms with Gasteiger partial charge in [-0.25, -0.2) is 0 Å². The van der Waals surface area contributed by atoms with E-state index < -0.39 is 0 Å². The lowest BCUT2D eigenvalue weighted by atomic mass is 9.99. The van der Waals surface area contributed by atoms with Gasteiger partial charge < -0.3 is 9.47 Å². The minimum absolute atomic E-state index is 0.0253. The summed E-state index contributed by atoms with van der Waals surface area (Å²) in [5.41, 5.74) is -0.0253. The van der Waals surface area contributed by atoms with Gasteiger partial charge in [0.15, 0.2) is 0 Å². The molecule has 0 aromatic carbocycles. The van der Waals surface area contributed by atoms with Crippen LogP contribution in [0.25, 0.3) is 0 Å². The highest BCUT2D eigenvalue weighted by atomic mass is 16.5. The molecular weight excluding hydrogens is 364 g/mol. The van der Waals surface area contributed by atoms with Crippen LogP contribution in [-0.4, -0.2) is 25.2 Å². The Bertz CT molecular complexity index is 398. The number of esters is 2. The number of carbonyl (C=O) groups excluding carboxylic acids is 2. The first-order chi connectivity index (χ1) is 13.8. The highest BCUT2D eigenvalue weighted by Crippen LogP contribution is 2.14. The molecule has 0 saturated carbocycles. The second kappa shape index (κ2) is 18.9. The maximum Gasteiger partial charge on any atom is 0.305 e. The van der Waals surface area contributed by atoms with Crippen LogP contribution in [0.3, 0.4) is 0 Å². The normalized spacial score (nSPS) is 11.4. The molecule has 29 heavy (non-hydrogen) atoms. The van der Waals surface area contributed by atoms with Crippen molar-refractivity contribution in [2.45, 2.75) is 130 Å². The quantitative estimate of drug-likeness (QED) is 0.164. The van der Waals surface area contributed by atoms with E-state index in [9.17, 15) is 9.59 Å². The van der Waals surface area contributed by atoms with E-state index in [0.717, 1.165) is 12.8 Å². The van der Waals surface area contributed by atoms with E-state index in [0.29, 0.717) is 26.1 Å². The van der Waals surface area contributed by atoms with Crippen molar-refractivity contribution >= 4 is 11.9 Å². The summed E-state index contributed by atoms with van der Waals surface area (Å²) in [6.07, 6.45) is 18.1. The zero-order valence-corrected chi connectivity index (χ0v) is 19.9. The second-order valence-electron chi connectivity index (χ2n) is 9.54. The summed E-state index contributed by atoms with van der Waals surface area (Å²) in [4.78, 5) is 23.3. The van der Waals surface area contributed by atoms with Gasteiger partial charge in [0.05, 0.1) is 13.2 Å². The van der Waals surface area contributed by atoms with E-state index in [1.54, 1.807) is 0 Å². The van der Waals surface area contributed by atoms with Crippen LogP contribution in [0.1, 0.15) is 130 Å². The summed E-state index contributed by atoms with van der Waals surface area (Å²) in [5.74, 6) is -0.434. The number of ether oxygens (including phenoxy) is 2. The summed E-state index contributed by atoms with van der Waals surface area (Å²) >= 11 is 0. The highest BCUT2D eigenvalue weighted by molar-refractivity contribution is 5.72. The van der Waals surface area contributed by atoms with E-state index in [2.05, 4.69) is 6.92 Å². The Labute approximate surface area is 180 Å². The lowest BCUT2D eigenvalue weighted by Gasteiger charge is -2.17. The Kier molecular flexibility index (Phi) is 18.2. The molecule has 4 heteroatoms. The van der Waals surface area contributed by atoms with E-state index in [1.807, 2.05) is 20.8 Å². The van der Waals surface area contributed by atoms with Crippen LogP contribution < -0.4 is 0 Å². The highest BCUT2D eigenvalue weighted by Gasteiger charge is 2.14. The maximum absolute atomic E-state index is 11.7. The van der Waals surface area contributed by atoms with Crippen LogP contribution in [0.2, 0.25) is 0 Å². The molecule has 0 bridgehead atoms. The zero-order chi connectivity index (χ0) is 21.8. The first kappa shape index (κ1) is 27.9. The number of hydrogen-bond acceptors (Lipinski definition) is 4. The van der Waals surface area contributed by atoms with Gasteiger partial charge >= 0.3 is 11.9 Å². The van der Waals surface area contributed by atoms with Crippen LogP contribution in [0.5, 0.6) is 0 Å². The van der Waals surface area contributed by atoms with Gasteiger partial charge in [0.2, 0.25) is 0 Å². The summed E-state index contributed by atoms with van der Waals surface area (Å²) in [7, 11) is 0. The van der Waals surface area contributed by atoms with E-state index in [-0.39, 0.29) is 23.8 Å². The average molecular weight is 413 g/mol. The fourth-order valence-corrected chi connectivity index (χ4v) is 3.12. The van der Waals surface area contributed by atoms with Crippen LogP contribution in [0.15, 0.2) is 0 Å². The minimum Gasteiger partial charge on any atom is -0.466 e. The number of hydrogen-bond donors (Lipinski definition) is 0. The molecule has 172 valence electrons. The summed E-state index contributed by atoms with van der Waals surface area (Å²) in [6.45, 7) is 9.25. The Morgan fingerprint density at radius 3 is 1.45 bits per heavy atom. The van der Waals surface area contributed by atoms with Gasteiger partial charge in [0.1, 0.15) is 0 Å². The molecule has 0 saturated heterocycles. The topological polar surface area (TPSA) is 52.6 Å². The first-order valence-electron chi connectivity index (χ1n) is 12.2. The average Bonchev–Trinajstić information content (AvgIpc) is 2.66. The molecule has 0 aliphatic heterocycles. The largest absolute Gasteiger partial charge is 0.466 e. The monoisotopic (exact) mass is 412 g/mol. The third-order valence-electron chi connectivity index (χ3n) is 4.94. The molecule has 0 spiro atoms. The third kappa shape index (κ3) is 23.1. The Hall–Kier alpha value is -1.06. The fourth-order valence-electron chi connectivity index (χ4n) is 3.12. The van der Waals surface area contributed by atoms with Crippen LogP contribution in [-0.2, 0) is 19.1 Å². The Morgan fingerprint density at radius 2 is 1.00 bits per heavy atom. The van der Waals surface area contributed by atoms with Gasteiger partial charge in [-0.3, -0.25) is 9.59 Å². The van der Waals surface area contributed by atoms with Crippen molar-refractivity contribution < 1.29 is 19.1 Å². The molecule has 4 nitrogen and oxygen atoms in total. The molecule has 0 N–H and O–H groups in total. The summed E-state index contributed by atoms with van der Waals surface area (Å²) in [5, 5.41) is 0. The fraction of sp³-hybridized carbons (Fsp3) is 0.920. The molecule has 0 heterocycles. The molecule has 0 atom stereocenters. The summed E-state index contributed by atoms with van der Waals surface area (Å²) in [6, 6.07) is 0. The molecule has 0 aromatic heterocycles. The second-order valence-corrected chi connectivity index (χ2v) is 9.54. The molecule has 0 aliphatic carbocycles. The van der Waals surface area contributed by atoms with Crippen LogP contribution in [0.4, 0.5) is 0 Å². The van der Waals surface area contributed by atoms with Crippen molar-refractivity contribution in [3.05, 3.63) is 0 Å². The van der Waals surface area contributed by atoms with Gasteiger partial charge in [-0.05, 0) is 18.3 Å². The van der Waals surface area contributed by atoms with E-state index in [1.165, 1.54) is 70.6 Å². The smallest absolute Gasteiger partial charge is 0.305 e. The molecule has 0 fully saturated rings. The third-order valence-corrected chi connectivity index (χ3v) is 4.94. The molecule has 0 aliphatic rings. The zero-order valence-electron chi connectivity index (χ0n) is 19.9. The molecule has 0 radical (unpaired) electrons. The minimum atomic E-state index is -0.232. The van der Waals surface area contributed by atoms with Gasteiger partial charge in [0.25, 0.3) is 0 Å². The lowest BCUT2D eigenvalue weighted by Crippen LogP contribution is -2.18. The Balaban J connectivity index is 3.30. The molecule has 0 amide bonds. The number of rotatable bonds is 19. The van der Waals surface area contributed by atoms with Crippen LogP contribution in [0, 0.1) is 5.41 Å². The van der Waals surface area contributed by atoms with Crippen molar-refractivity contribution in [2.24, 2.45) is 5.41 Å². The Morgan fingerprint density at radius 1 is 0.586 bits per heavy atom. The number of unbranched alkanes of at least 4 members (excludes halogenated alkanes) is 12. The van der Waals surface area contributed by atoms with Gasteiger partial charge in [-0.2, -0.15) is 0 Å². The van der Waals surface area contributed by atoms with Crippen molar-refractivity contribution in [1.29, 1.82) is 0 Å². The van der Waals surface area contributed by atoms with E-state index in [4.69, 9.17) is 9.47 Å². The van der Waals surface area contributed by atoms with Crippen LogP contribution >= 0.6 is 0 Å². The van der Waals surface area contributed by atoms with Gasteiger partial charge in [-0.1, -0.05) is 105 Å². The van der Waals surface area contributed by atoms with E-state index >= 15 is 0 Å². The van der Waals surface area contributed by atoms with Gasteiger partial charge in [-0.15, -0.1) is 0 Å². The molecular formula is C25H48O4. The SMILES string of the molecule is CCCCCCCCCCCCCCCOC(=O)CCCC(=O)OCC(C)(C)C. The predicted molar refractivity (Wildman–Crippen MR) is 121 cm³/mol. The van der Waals surface area contributed by atoms with Crippen molar-refractivity contribution in [1.82, 2.24) is 0 Å². The molecule has 0 rings (SSSR count). The van der Waals surface area contributed by atoms with Crippen molar-refractivity contribution in [3.63, 3.8) is 0 Å². The molecule has 0 aromatic rings. The lowest BCUT2D eigenvalue weighted by molar-refractivity contribution is -0.147.